The van der Waals surface area contributed by atoms with Gasteiger partial charge in [0.1, 0.15) is 0 Å². The van der Waals surface area contributed by atoms with Gasteiger partial charge < -0.3 is 10.4 Å². The number of pyridine rings is 1. The third-order valence-corrected chi connectivity index (χ3v) is 5.83. The predicted molar refractivity (Wildman–Crippen MR) is 140 cm³/mol. The number of halogens is 3. The highest BCUT2D eigenvalue weighted by molar-refractivity contribution is 6.02. The molecule has 37 heavy (non-hydrogen) atoms. The highest BCUT2D eigenvalue weighted by Crippen LogP contribution is 2.36. The smallest absolute Gasteiger partial charge is 0.418 e. The number of hydrogen-bond donors (Lipinski definition) is 2. The van der Waals surface area contributed by atoms with Crippen molar-refractivity contribution >= 4 is 34.0 Å². The molecule has 0 unspecified atom stereocenters. The van der Waals surface area contributed by atoms with Gasteiger partial charge in [0.15, 0.2) is 0 Å². The summed E-state index contributed by atoms with van der Waals surface area (Å²) in [5.74, 6) is -0.633. The van der Waals surface area contributed by atoms with Crippen LogP contribution < -0.4 is 10.9 Å². The average Bonchev–Trinajstić information content (AvgIpc) is 2.90. The predicted octanol–water partition coefficient (Wildman–Crippen LogP) is 7.21. The number of nitrogens with one attached hydrogen (secondary N) is 1. The number of anilines is 2. The zero-order valence-corrected chi connectivity index (χ0v) is 19.3. The molecule has 0 radical (unpaired) electrons. The molecule has 4 aromatic carbocycles. The van der Waals surface area contributed by atoms with E-state index in [9.17, 15) is 23.1 Å². The molecule has 184 valence electrons. The summed E-state index contributed by atoms with van der Waals surface area (Å²) < 4.78 is 41.8. The van der Waals surface area contributed by atoms with E-state index in [4.69, 9.17) is 0 Å². The highest BCUT2D eigenvalue weighted by Gasteiger charge is 2.34. The third kappa shape index (κ3) is 4.81. The molecule has 1 aromatic heterocycles. The SMILES string of the molecule is O=c1c2ccccc2c(C=Nc2ccc(Nc3ccccc3)cc2)c(O)n1-c1ccccc1C(F)(F)F. The first-order valence-corrected chi connectivity index (χ1v) is 11.3. The van der Waals surface area contributed by atoms with Gasteiger partial charge in [-0.15, -0.1) is 0 Å². The minimum absolute atomic E-state index is 0.124. The number of aliphatic imine (C=N–C) groups is 1. The standard InChI is InChI=1S/C29H20F3N3O2/c30-29(31,32)25-12-6-7-13-26(25)35-27(36)23-11-5-4-10-22(23)24(28(35)37)18-33-19-14-16-21(17-15-19)34-20-8-2-1-3-9-20/h1-18,34,37H. The van der Waals surface area contributed by atoms with Crippen LogP contribution in [0.5, 0.6) is 5.88 Å². The molecule has 0 saturated heterocycles. The molecule has 1 heterocycles. The molecule has 2 N–H and O–H groups in total. The van der Waals surface area contributed by atoms with Crippen molar-refractivity contribution in [1.29, 1.82) is 0 Å². The van der Waals surface area contributed by atoms with E-state index < -0.39 is 28.9 Å². The van der Waals surface area contributed by atoms with Gasteiger partial charge in [0.2, 0.25) is 5.88 Å². The van der Waals surface area contributed by atoms with Crippen molar-refractivity contribution < 1.29 is 18.3 Å². The van der Waals surface area contributed by atoms with Gasteiger partial charge in [-0.05, 0) is 54.6 Å². The third-order valence-electron chi connectivity index (χ3n) is 5.83. The van der Waals surface area contributed by atoms with E-state index in [0.717, 1.165) is 23.5 Å². The van der Waals surface area contributed by atoms with Crippen molar-refractivity contribution in [3.05, 3.63) is 125 Å². The molecular formula is C29H20F3N3O2. The maximum absolute atomic E-state index is 13.7. The Hall–Kier alpha value is -4.85. The van der Waals surface area contributed by atoms with E-state index in [1.54, 1.807) is 30.3 Å². The first-order chi connectivity index (χ1) is 17.8. The van der Waals surface area contributed by atoms with Crippen molar-refractivity contribution in [1.82, 2.24) is 4.57 Å². The van der Waals surface area contributed by atoms with E-state index in [0.29, 0.717) is 15.6 Å². The summed E-state index contributed by atoms with van der Waals surface area (Å²) >= 11 is 0. The van der Waals surface area contributed by atoms with E-state index in [1.807, 2.05) is 42.5 Å². The van der Waals surface area contributed by atoms with Gasteiger partial charge in [-0.2, -0.15) is 13.2 Å². The Morgan fingerprint density at radius 2 is 1.35 bits per heavy atom. The van der Waals surface area contributed by atoms with Crippen LogP contribution >= 0.6 is 0 Å². The lowest BCUT2D eigenvalue weighted by atomic mass is 10.1. The fourth-order valence-electron chi connectivity index (χ4n) is 4.08. The zero-order valence-electron chi connectivity index (χ0n) is 19.3. The van der Waals surface area contributed by atoms with Gasteiger partial charge in [0.05, 0.1) is 22.5 Å². The van der Waals surface area contributed by atoms with Crippen LogP contribution in [-0.4, -0.2) is 15.9 Å². The van der Waals surface area contributed by atoms with E-state index in [-0.39, 0.29) is 10.9 Å². The summed E-state index contributed by atoms with van der Waals surface area (Å²) in [7, 11) is 0. The highest BCUT2D eigenvalue weighted by atomic mass is 19.4. The topological polar surface area (TPSA) is 66.6 Å². The molecule has 0 aliphatic rings. The van der Waals surface area contributed by atoms with Gasteiger partial charge in [-0.3, -0.25) is 9.79 Å². The second-order valence-electron chi connectivity index (χ2n) is 8.23. The number of nitrogens with zero attached hydrogens (tertiary/aromatic N) is 2. The van der Waals surface area contributed by atoms with Gasteiger partial charge in [0, 0.05) is 28.4 Å². The summed E-state index contributed by atoms with van der Waals surface area (Å²) in [6.45, 7) is 0. The lowest BCUT2D eigenvalue weighted by Gasteiger charge is -2.18. The van der Waals surface area contributed by atoms with Crippen molar-refractivity contribution in [2.75, 3.05) is 5.32 Å². The number of para-hydroxylation sites is 2. The number of alkyl halides is 3. The summed E-state index contributed by atoms with van der Waals surface area (Å²) in [5, 5.41) is 14.9. The fourth-order valence-corrected chi connectivity index (χ4v) is 4.08. The molecule has 0 aliphatic carbocycles. The van der Waals surface area contributed by atoms with Crippen molar-refractivity contribution in [2.24, 2.45) is 4.99 Å². The zero-order chi connectivity index (χ0) is 26.0. The van der Waals surface area contributed by atoms with Crippen LogP contribution in [0.4, 0.5) is 30.2 Å². The Kier molecular flexibility index (Phi) is 6.23. The molecule has 0 spiro atoms. The minimum Gasteiger partial charge on any atom is -0.494 e. The summed E-state index contributed by atoms with van der Waals surface area (Å²) in [6, 6.07) is 27.9. The number of fused-ring (bicyclic) bond motifs is 1. The maximum atomic E-state index is 13.7. The molecule has 0 aliphatic heterocycles. The van der Waals surface area contributed by atoms with Crippen LogP contribution in [0.25, 0.3) is 16.5 Å². The molecule has 0 fully saturated rings. The maximum Gasteiger partial charge on any atom is 0.418 e. The molecule has 0 bridgehead atoms. The van der Waals surface area contributed by atoms with Crippen LogP contribution in [0.3, 0.4) is 0 Å². The van der Waals surface area contributed by atoms with E-state index in [2.05, 4.69) is 10.3 Å². The first-order valence-electron chi connectivity index (χ1n) is 11.3. The van der Waals surface area contributed by atoms with Gasteiger partial charge in [-0.25, -0.2) is 4.57 Å². The Morgan fingerprint density at radius 1 is 0.757 bits per heavy atom. The summed E-state index contributed by atoms with van der Waals surface area (Å²) in [5.41, 5.74) is 0.182. The van der Waals surface area contributed by atoms with Crippen molar-refractivity contribution in [3.63, 3.8) is 0 Å². The van der Waals surface area contributed by atoms with Crippen LogP contribution in [0.15, 0.2) is 113 Å². The largest absolute Gasteiger partial charge is 0.494 e. The van der Waals surface area contributed by atoms with Crippen LogP contribution in [0.1, 0.15) is 11.1 Å². The second-order valence-corrected chi connectivity index (χ2v) is 8.23. The summed E-state index contributed by atoms with van der Waals surface area (Å²) in [4.78, 5) is 17.6. The molecule has 5 aromatic rings. The Balaban J connectivity index is 1.58. The van der Waals surface area contributed by atoms with Gasteiger partial charge in [0.25, 0.3) is 5.56 Å². The quantitative estimate of drug-likeness (QED) is 0.251. The number of aromatic nitrogens is 1. The molecule has 0 amide bonds. The van der Waals surface area contributed by atoms with Crippen LogP contribution in [0, 0.1) is 0 Å². The summed E-state index contributed by atoms with van der Waals surface area (Å²) in [6.07, 6.45) is -3.37. The monoisotopic (exact) mass is 499 g/mol. The van der Waals surface area contributed by atoms with E-state index >= 15 is 0 Å². The number of hydrogen-bond acceptors (Lipinski definition) is 4. The number of benzene rings is 4. The minimum atomic E-state index is -4.72. The number of aromatic hydroxyl groups is 1. The fraction of sp³-hybridized carbons (Fsp3) is 0.0345. The Bertz CT molecular complexity index is 1660. The van der Waals surface area contributed by atoms with Gasteiger partial charge in [-0.1, -0.05) is 48.5 Å². The molecule has 0 atom stereocenters. The molecule has 8 heteroatoms. The molecule has 5 rings (SSSR count). The van der Waals surface area contributed by atoms with Crippen molar-refractivity contribution in [3.8, 4) is 11.6 Å². The van der Waals surface area contributed by atoms with Crippen LogP contribution in [0.2, 0.25) is 0 Å². The first kappa shape index (κ1) is 23.9. The molecular weight excluding hydrogens is 479 g/mol. The van der Waals surface area contributed by atoms with E-state index in [1.165, 1.54) is 24.4 Å². The molecule has 5 nitrogen and oxygen atoms in total. The Morgan fingerprint density at radius 3 is 2.05 bits per heavy atom. The lowest BCUT2D eigenvalue weighted by molar-refractivity contribution is -0.137. The molecule has 0 saturated carbocycles. The lowest BCUT2D eigenvalue weighted by Crippen LogP contribution is -2.23. The van der Waals surface area contributed by atoms with Crippen LogP contribution in [-0.2, 0) is 6.18 Å². The Labute approximate surface area is 209 Å². The average molecular weight is 499 g/mol. The number of rotatable bonds is 5. The van der Waals surface area contributed by atoms with Crippen molar-refractivity contribution in [2.45, 2.75) is 6.18 Å². The van der Waals surface area contributed by atoms with Gasteiger partial charge >= 0.3 is 6.18 Å². The second kappa shape index (κ2) is 9.66. The normalized spacial score (nSPS) is 11.8.